The Kier molecular flexibility index (Phi) is 4.72. The van der Waals surface area contributed by atoms with E-state index in [0.717, 1.165) is 29.7 Å². The molecule has 0 heterocycles. The molecule has 3 heteroatoms. The van der Waals surface area contributed by atoms with Gasteiger partial charge in [0, 0.05) is 17.9 Å². The second-order valence-corrected chi connectivity index (χ2v) is 6.88. The average Bonchev–Trinajstić information content (AvgIpc) is 3.32. The Morgan fingerprint density at radius 3 is 2.42 bits per heavy atom. The molecule has 2 unspecified atom stereocenters. The molecular formula is C21H24O3. The number of rotatable bonds is 7. The summed E-state index contributed by atoms with van der Waals surface area (Å²) < 4.78 is 5.98. The highest BCUT2D eigenvalue weighted by atomic mass is 16.5. The minimum Gasteiger partial charge on any atom is -0.486 e. The van der Waals surface area contributed by atoms with Gasteiger partial charge in [0.05, 0.1) is 0 Å². The van der Waals surface area contributed by atoms with Gasteiger partial charge in [-0.3, -0.25) is 4.79 Å². The minimum atomic E-state index is -0.245. The lowest BCUT2D eigenvalue weighted by atomic mass is 9.93. The zero-order valence-electron chi connectivity index (χ0n) is 14.2. The van der Waals surface area contributed by atoms with Crippen molar-refractivity contribution in [1.29, 1.82) is 0 Å². The Labute approximate surface area is 143 Å². The molecule has 0 saturated heterocycles. The van der Waals surface area contributed by atoms with E-state index >= 15 is 0 Å². The van der Waals surface area contributed by atoms with Crippen molar-refractivity contribution < 1.29 is 14.6 Å². The molecule has 0 aliphatic heterocycles. The lowest BCUT2D eigenvalue weighted by Crippen LogP contribution is -2.16. The lowest BCUT2D eigenvalue weighted by Gasteiger charge is -2.17. The maximum absolute atomic E-state index is 11.5. The molecule has 1 aliphatic carbocycles. The first-order chi connectivity index (χ1) is 11.5. The third-order valence-electron chi connectivity index (χ3n) is 5.06. The van der Waals surface area contributed by atoms with Gasteiger partial charge in [-0.25, -0.2) is 0 Å². The molecule has 0 aromatic heterocycles. The van der Waals surface area contributed by atoms with Crippen LogP contribution in [-0.2, 0) is 11.2 Å². The van der Waals surface area contributed by atoms with E-state index in [0.29, 0.717) is 0 Å². The highest BCUT2D eigenvalue weighted by Gasteiger charge is 2.55. The zero-order valence-corrected chi connectivity index (χ0v) is 14.2. The molecule has 1 fully saturated rings. The standard InChI is InChI=1S/C21H24O3/c1-15(23)20-13-21(20,14-22)12-17-8-10-19(11-9-17)24-16(2)18-6-4-3-5-7-18/h3-11,16,20,22H,12-14H2,1-2H3/t16?,20-,21?/m1/s1. The number of Topliss-reactive ketones (excluding diaryl/α,β-unsaturated/α-hetero) is 1. The summed E-state index contributed by atoms with van der Waals surface area (Å²) in [6.45, 7) is 3.72. The van der Waals surface area contributed by atoms with Crippen molar-refractivity contribution in [2.45, 2.75) is 32.8 Å². The number of hydrogen-bond acceptors (Lipinski definition) is 3. The van der Waals surface area contributed by atoms with E-state index in [9.17, 15) is 9.90 Å². The summed E-state index contributed by atoms with van der Waals surface area (Å²) >= 11 is 0. The third-order valence-corrected chi connectivity index (χ3v) is 5.06. The number of carbonyl (C=O) groups is 1. The summed E-state index contributed by atoms with van der Waals surface area (Å²) in [7, 11) is 0. The summed E-state index contributed by atoms with van der Waals surface area (Å²) in [5.41, 5.74) is 2.03. The number of hydrogen-bond donors (Lipinski definition) is 1. The van der Waals surface area contributed by atoms with Gasteiger partial charge >= 0.3 is 0 Å². The fourth-order valence-electron chi connectivity index (χ4n) is 3.44. The van der Waals surface area contributed by atoms with Gasteiger partial charge < -0.3 is 9.84 Å². The van der Waals surface area contributed by atoms with E-state index in [1.807, 2.05) is 49.4 Å². The summed E-state index contributed by atoms with van der Waals surface area (Å²) in [6.07, 6.45) is 1.52. The Hall–Kier alpha value is -2.13. The first-order valence-electron chi connectivity index (χ1n) is 8.46. The van der Waals surface area contributed by atoms with Crippen molar-refractivity contribution in [3.8, 4) is 5.75 Å². The van der Waals surface area contributed by atoms with Crippen LogP contribution in [0.15, 0.2) is 54.6 Å². The van der Waals surface area contributed by atoms with Crippen molar-refractivity contribution in [3.63, 3.8) is 0 Å². The molecule has 1 aliphatic rings. The molecule has 126 valence electrons. The van der Waals surface area contributed by atoms with Gasteiger partial charge in [-0.05, 0) is 49.9 Å². The summed E-state index contributed by atoms with van der Waals surface area (Å²) in [6, 6.07) is 18.1. The van der Waals surface area contributed by atoms with Crippen LogP contribution in [0.25, 0.3) is 0 Å². The van der Waals surface area contributed by atoms with Crippen LogP contribution in [0.5, 0.6) is 5.75 Å². The molecule has 1 N–H and O–H groups in total. The maximum atomic E-state index is 11.5. The second kappa shape index (κ2) is 6.78. The Balaban J connectivity index is 1.63. The SMILES string of the molecule is CC(=O)[C@H]1CC1(CO)Cc1ccc(OC(C)c2ccccc2)cc1. The van der Waals surface area contributed by atoms with Gasteiger partial charge in [0.1, 0.15) is 17.6 Å². The molecule has 0 radical (unpaired) electrons. The summed E-state index contributed by atoms with van der Waals surface area (Å²) in [5.74, 6) is 1.02. The molecule has 3 nitrogen and oxygen atoms in total. The molecule has 2 aromatic rings. The Morgan fingerprint density at radius 1 is 1.21 bits per heavy atom. The van der Waals surface area contributed by atoms with E-state index in [4.69, 9.17) is 4.74 Å². The molecule has 0 bridgehead atoms. The molecular weight excluding hydrogens is 300 g/mol. The van der Waals surface area contributed by atoms with Crippen LogP contribution < -0.4 is 4.74 Å². The monoisotopic (exact) mass is 324 g/mol. The van der Waals surface area contributed by atoms with Gasteiger partial charge in [-0.15, -0.1) is 0 Å². The number of ketones is 1. The Bertz CT molecular complexity index is 693. The van der Waals surface area contributed by atoms with E-state index in [2.05, 4.69) is 12.1 Å². The molecule has 1 saturated carbocycles. The molecule has 3 atom stereocenters. The van der Waals surface area contributed by atoms with Crippen molar-refractivity contribution in [2.75, 3.05) is 6.61 Å². The van der Waals surface area contributed by atoms with Crippen LogP contribution in [0.4, 0.5) is 0 Å². The number of aliphatic hydroxyl groups excluding tert-OH is 1. The highest BCUT2D eigenvalue weighted by Crippen LogP contribution is 2.54. The number of benzene rings is 2. The van der Waals surface area contributed by atoms with Crippen molar-refractivity contribution in [1.82, 2.24) is 0 Å². The topological polar surface area (TPSA) is 46.5 Å². The average molecular weight is 324 g/mol. The van der Waals surface area contributed by atoms with Crippen molar-refractivity contribution >= 4 is 5.78 Å². The molecule has 3 rings (SSSR count). The van der Waals surface area contributed by atoms with E-state index in [1.165, 1.54) is 0 Å². The van der Waals surface area contributed by atoms with Crippen LogP contribution in [0, 0.1) is 11.3 Å². The molecule has 0 amide bonds. The summed E-state index contributed by atoms with van der Waals surface area (Å²) in [5, 5.41) is 9.66. The smallest absolute Gasteiger partial charge is 0.133 e. The fourth-order valence-corrected chi connectivity index (χ4v) is 3.44. The number of aliphatic hydroxyl groups is 1. The zero-order chi connectivity index (χ0) is 17.2. The number of ether oxygens (including phenoxy) is 1. The molecule has 2 aromatic carbocycles. The van der Waals surface area contributed by atoms with Gasteiger partial charge in [0.2, 0.25) is 0 Å². The van der Waals surface area contributed by atoms with E-state index < -0.39 is 0 Å². The highest BCUT2D eigenvalue weighted by molar-refractivity contribution is 5.82. The van der Waals surface area contributed by atoms with Crippen LogP contribution in [-0.4, -0.2) is 17.5 Å². The predicted octanol–water partition coefficient (Wildman–Crippen LogP) is 3.96. The Morgan fingerprint density at radius 2 is 1.88 bits per heavy atom. The fraction of sp³-hybridized carbons (Fsp3) is 0.381. The van der Waals surface area contributed by atoms with E-state index in [-0.39, 0.29) is 29.8 Å². The largest absolute Gasteiger partial charge is 0.486 e. The minimum absolute atomic E-state index is 0.00800. The van der Waals surface area contributed by atoms with Crippen molar-refractivity contribution in [2.24, 2.45) is 11.3 Å². The van der Waals surface area contributed by atoms with Gasteiger partial charge in [-0.2, -0.15) is 0 Å². The van der Waals surface area contributed by atoms with Crippen molar-refractivity contribution in [3.05, 3.63) is 65.7 Å². The quantitative estimate of drug-likeness (QED) is 0.838. The van der Waals surface area contributed by atoms with E-state index in [1.54, 1.807) is 6.92 Å². The maximum Gasteiger partial charge on any atom is 0.133 e. The van der Waals surface area contributed by atoms with Crippen LogP contribution in [0.1, 0.15) is 37.5 Å². The van der Waals surface area contributed by atoms with Crippen LogP contribution in [0.2, 0.25) is 0 Å². The molecule has 24 heavy (non-hydrogen) atoms. The lowest BCUT2D eigenvalue weighted by molar-refractivity contribution is -0.119. The second-order valence-electron chi connectivity index (χ2n) is 6.88. The van der Waals surface area contributed by atoms with Gasteiger partial charge in [0.25, 0.3) is 0 Å². The summed E-state index contributed by atoms with van der Waals surface area (Å²) in [4.78, 5) is 11.5. The van der Waals surface area contributed by atoms with Gasteiger partial charge in [0.15, 0.2) is 0 Å². The third kappa shape index (κ3) is 3.51. The first kappa shape index (κ1) is 16.7. The normalized spacial score (nSPS) is 23.5. The number of carbonyl (C=O) groups excluding carboxylic acids is 1. The first-order valence-corrected chi connectivity index (χ1v) is 8.46. The predicted molar refractivity (Wildman–Crippen MR) is 93.9 cm³/mol. The van der Waals surface area contributed by atoms with Crippen LogP contribution in [0.3, 0.4) is 0 Å². The van der Waals surface area contributed by atoms with Gasteiger partial charge in [-0.1, -0.05) is 42.5 Å². The molecule has 0 spiro atoms. The van der Waals surface area contributed by atoms with Crippen LogP contribution >= 0.6 is 0 Å².